The molecule has 1 amide bonds. The zero-order valence-electron chi connectivity index (χ0n) is 14.4. The first-order chi connectivity index (χ1) is 12.7. The van der Waals surface area contributed by atoms with E-state index in [1.165, 1.54) is 12.1 Å². The molecule has 0 saturated heterocycles. The Morgan fingerprint density at radius 1 is 1.15 bits per heavy atom. The number of hydrogen-bond acceptors (Lipinski definition) is 3. The van der Waals surface area contributed by atoms with Crippen molar-refractivity contribution in [1.29, 1.82) is 0 Å². The Bertz CT molecular complexity index is 878. The maximum Gasteiger partial charge on any atom is 0.261 e. The van der Waals surface area contributed by atoms with Gasteiger partial charge in [0.1, 0.15) is 5.75 Å². The van der Waals surface area contributed by atoms with E-state index in [9.17, 15) is 4.79 Å². The summed E-state index contributed by atoms with van der Waals surface area (Å²) < 4.78 is 6.47. The molecule has 2 N–H and O–H groups in total. The predicted octanol–water partition coefficient (Wildman–Crippen LogP) is 6.57. The van der Waals surface area contributed by atoms with Crippen LogP contribution in [0, 0.1) is 5.92 Å². The molecular weight excluding hydrogens is 495 g/mol. The van der Waals surface area contributed by atoms with E-state index in [1.54, 1.807) is 18.2 Å². The van der Waals surface area contributed by atoms with Crippen molar-refractivity contribution >= 4 is 79.7 Å². The van der Waals surface area contributed by atoms with Gasteiger partial charge in [0, 0.05) is 4.47 Å². The van der Waals surface area contributed by atoms with Crippen molar-refractivity contribution in [2.75, 3.05) is 11.9 Å². The van der Waals surface area contributed by atoms with Crippen molar-refractivity contribution in [3.63, 3.8) is 0 Å². The van der Waals surface area contributed by atoms with Gasteiger partial charge in [-0.25, -0.2) is 0 Å². The Hall–Kier alpha value is -1.05. The highest BCUT2D eigenvalue weighted by Gasteiger charge is 2.16. The minimum atomic E-state index is -0.413. The van der Waals surface area contributed by atoms with E-state index >= 15 is 0 Å². The number of rotatable bonds is 5. The largest absolute Gasteiger partial charge is 0.492 e. The monoisotopic (exact) mass is 508 g/mol. The fourth-order valence-electron chi connectivity index (χ4n) is 2.00. The standard InChI is InChI=1S/C18H16BrCl3N2O2S/c1-9(2)8-26-16-4-3-10(19)5-11(16)17(25)24-18(27)23-15-7-13(21)12(20)6-14(15)22/h3-7,9H,8H2,1-2H3,(H2,23,24,25,27). The van der Waals surface area contributed by atoms with Crippen LogP contribution < -0.4 is 15.4 Å². The maximum atomic E-state index is 12.6. The molecule has 0 aliphatic heterocycles. The van der Waals surface area contributed by atoms with Gasteiger partial charge in [0.25, 0.3) is 5.91 Å². The van der Waals surface area contributed by atoms with Crippen LogP contribution in [0.1, 0.15) is 24.2 Å². The molecule has 2 rings (SSSR count). The van der Waals surface area contributed by atoms with Crippen molar-refractivity contribution in [3.05, 3.63) is 55.4 Å². The number of benzene rings is 2. The Kier molecular flexibility index (Phi) is 8.19. The second-order valence-electron chi connectivity index (χ2n) is 6.00. The summed E-state index contributed by atoms with van der Waals surface area (Å²) in [5.74, 6) is 0.382. The fourth-order valence-corrected chi connectivity index (χ4v) is 3.16. The number of ether oxygens (including phenoxy) is 1. The third-order valence-corrected chi connectivity index (χ3v) is 4.98. The number of nitrogens with one attached hydrogen (secondary N) is 2. The van der Waals surface area contributed by atoms with Crippen LogP contribution in [0.3, 0.4) is 0 Å². The zero-order chi connectivity index (χ0) is 20.1. The number of thiocarbonyl (C=S) groups is 1. The molecule has 0 spiro atoms. The molecule has 0 aliphatic rings. The van der Waals surface area contributed by atoms with Gasteiger partial charge in [0.15, 0.2) is 5.11 Å². The van der Waals surface area contributed by atoms with Crippen LogP contribution >= 0.6 is 63.0 Å². The van der Waals surface area contributed by atoms with Crippen LogP contribution in [-0.2, 0) is 0 Å². The summed E-state index contributed by atoms with van der Waals surface area (Å²) in [6.45, 7) is 4.54. The highest BCUT2D eigenvalue weighted by Crippen LogP contribution is 2.32. The average molecular weight is 511 g/mol. The lowest BCUT2D eigenvalue weighted by atomic mass is 10.2. The van der Waals surface area contributed by atoms with Crippen molar-refractivity contribution < 1.29 is 9.53 Å². The molecular formula is C18H16BrCl3N2O2S. The first-order valence-corrected chi connectivity index (χ1v) is 10.2. The Labute approximate surface area is 186 Å². The van der Waals surface area contributed by atoms with E-state index in [0.717, 1.165) is 4.47 Å². The Balaban J connectivity index is 2.13. The highest BCUT2D eigenvalue weighted by atomic mass is 79.9. The second kappa shape index (κ2) is 9.94. The third-order valence-electron chi connectivity index (χ3n) is 3.24. The van der Waals surface area contributed by atoms with Crippen molar-refractivity contribution in [3.8, 4) is 5.75 Å². The van der Waals surface area contributed by atoms with E-state index in [-0.39, 0.29) is 5.11 Å². The molecule has 2 aromatic carbocycles. The van der Waals surface area contributed by atoms with E-state index in [2.05, 4.69) is 26.6 Å². The van der Waals surface area contributed by atoms with Crippen LogP contribution in [-0.4, -0.2) is 17.6 Å². The van der Waals surface area contributed by atoms with E-state index < -0.39 is 5.91 Å². The molecule has 0 aliphatic carbocycles. The fraction of sp³-hybridized carbons (Fsp3) is 0.222. The minimum Gasteiger partial charge on any atom is -0.492 e. The lowest BCUT2D eigenvalue weighted by Crippen LogP contribution is -2.34. The molecule has 0 aromatic heterocycles. The second-order valence-corrected chi connectivity index (χ2v) is 8.55. The molecule has 144 valence electrons. The quantitative estimate of drug-likeness (QED) is 0.353. The maximum absolute atomic E-state index is 12.6. The Morgan fingerprint density at radius 2 is 1.81 bits per heavy atom. The molecule has 27 heavy (non-hydrogen) atoms. The molecule has 0 atom stereocenters. The minimum absolute atomic E-state index is 0.0649. The number of carbonyl (C=O) groups is 1. The van der Waals surface area contributed by atoms with Crippen LogP contribution in [0.5, 0.6) is 5.75 Å². The van der Waals surface area contributed by atoms with Gasteiger partial charge in [0.2, 0.25) is 0 Å². The molecule has 0 saturated carbocycles. The number of hydrogen-bond donors (Lipinski definition) is 2. The summed E-state index contributed by atoms with van der Waals surface area (Å²) in [6, 6.07) is 8.22. The summed E-state index contributed by atoms with van der Waals surface area (Å²) in [5.41, 5.74) is 0.788. The number of halogens is 4. The molecule has 2 aromatic rings. The Morgan fingerprint density at radius 3 is 2.48 bits per heavy atom. The molecule has 0 bridgehead atoms. The van der Waals surface area contributed by atoms with Gasteiger partial charge in [-0.3, -0.25) is 10.1 Å². The van der Waals surface area contributed by atoms with Crippen LogP contribution in [0.4, 0.5) is 5.69 Å². The normalized spacial score (nSPS) is 10.6. The highest BCUT2D eigenvalue weighted by molar-refractivity contribution is 9.10. The zero-order valence-corrected chi connectivity index (χ0v) is 19.1. The smallest absolute Gasteiger partial charge is 0.261 e. The summed E-state index contributed by atoms with van der Waals surface area (Å²) in [4.78, 5) is 12.6. The van der Waals surface area contributed by atoms with E-state index in [0.29, 0.717) is 44.6 Å². The average Bonchev–Trinajstić information content (AvgIpc) is 2.58. The molecule has 0 radical (unpaired) electrons. The van der Waals surface area contributed by atoms with Gasteiger partial charge >= 0.3 is 0 Å². The van der Waals surface area contributed by atoms with E-state index in [1.807, 2.05) is 13.8 Å². The molecule has 0 heterocycles. The topological polar surface area (TPSA) is 50.4 Å². The summed E-state index contributed by atoms with van der Waals surface area (Å²) in [5, 5.41) is 6.47. The molecule has 9 heteroatoms. The van der Waals surface area contributed by atoms with Gasteiger partial charge in [-0.2, -0.15) is 0 Å². The first kappa shape index (κ1) is 22.2. The third kappa shape index (κ3) is 6.50. The van der Waals surface area contributed by atoms with Crippen molar-refractivity contribution in [2.24, 2.45) is 5.92 Å². The van der Waals surface area contributed by atoms with Crippen LogP contribution in [0.2, 0.25) is 15.1 Å². The SMILES string of the molecule is CC(C)COc1ccc(Br)cc1C(=O)NC(=S)Nc1cc(Cl)c(Cl)cc1Cl. The summed E-state index contributed by atoms with van der Waals surface area (Å²) in [7, 11) is 0. The van der Waals surface area contributed by atoms with Crippen molar-refractivity contribution in [1.82, 2.24) is 5.32 Å². The molecule has 0 fully saturated rings. The van der Waals surface area contributed by atoms with Gasteiger partial charge in [-0.15, -0.1) is 0 Å². The first-order valence-electron chi connectivity index (χ1n) is 7.86. The molecule has 4 nitrogen and oxygen atoms in total. The van der Waals surface area contributed by atoms with Gasteiger partial charge in [-0.1, -0.05) is 64.6 Å². The lowest BCUT2D eigenvalue weighted by molar-refractivity contribution is 0.0973. The van der Waals surface area contributed by atoms with Crippen molar-refractivity contribution in [2.45, 2.75) is 13.8 Å². The number of anilines is 1. The van der Waals surface area contributed by atoms with Gasteiger partial charge in [-0.05, 0) is 48.5 Å². The number of amides is 1. The van der Waals surface area contributed by atoms with Crippen LogP contribution in [0.15, 0.2) is 34.8 Å². The summed E-state index contributed by atoms with van der Waals surface area (Å²) in [6.07, 6.45) is 0. The van der Waals surface area contributed by atoms with Gasteiger partial charge in [0.05, 0.1) is 32.9 Å². The lowest BCUT2D eigenvalue weighted by Gasteiger charge is -2.15. The predicted molar refractivity (Wildman–Crippen MR) is 120 cm³/mol. The number of carbonyl (C=O) groups excluding carboxylic acids is 1. The van der Waals surface area contributed by atoms with Crippen LogP contribution in [0.25, 0.3) is 0 Å². The van der Waals surface area contributed by atoms with E-state index in [4.69, 9.17) is 51.8 Å². The summed E-state index contributed by atoms with van der Waals surface area (Å²) >= 11 is 26.6. The molecule has 0 unspecified atom stereocenters. The van der Waals surface area contributed by atoms with Gasteiger partial charge < -0.3 is 10.1 Å².